The van der Waals surface area contributed by atoms with Crippen molar-refractivity contribution in [3.8, 4) is 0 Å². The average molecular weight is 156 g/mol. The molecule has 0 fully saturated rings. The summed E-state index contributed by atoms with van der Waals surface area (Å²) in [5.74, 6) is -0.792. The minimum absolute atomic E-state index is 0.567. The summed E-state index contributed by atoms with van der Waals surface area (Å²) in [5.41, 5.74) is 0. The standard InChI is InChI=1S/C3H3O3.BH3O3.Li/c1-6-3(5)2-4;2-1(3)4;/h1H3;2-4H;. The molecule has 0 unspecified atom stereocenters. The predicted octanol–water partition coefficient (Wildman–Crippen LogP) is -3.20. The van der Waals surface area contributed by atoms with E-state index in [0.717, 1.165) is 17.7 Å². The Kier molecular flexibility index (Phi) is 9.40. The molecule has 0 heterocycles. The molecule has 8 heteroatoms. The van der Waals surface area contributed by atoms with Crippen molar-refractivity contribution < 1.29 is 29.4 Å². The molecule has 0 amide bonds. The number of ether oxygens (including phenoxy) is 1. The van der Waals surface area contributed by atoms with Crippen molar-refractivity contribution in [2.45, 2.75) is 0 Å². The second kappa shape index (κ2) is 7.79. The van der Waals surface area contributed by atoms with Gasteiger partial charge in [0.2, 0.25) is 0 Å². The molecule has 0 aliphatic carbocycles. The maximum absolute atomic E-state index is 9.94. The van der Waals surface area contributed by atoms with Crippen LogP contribution >= 0.6 is 0 Å². The van der Waals surface area contributed by atoms with Crippen LogP contribution in [-0.4, -0.2) is 57.6 Å². The Morgan fingerprint density at radius 3 is 1.64 bits per heavy atom. The van der Waals surface area contributed by atoms with E-state index in [9.17, 15) is 9.59 Å². The van der Waals surface area contributed by atoms with E-state index in [0.29, 0.717) is 0 Å². The van der Waals surface area contributed by atoms with Gasteiger partial charge in [-0.3, -0.25) is 0 Å². The summed E-state index contributed by atoms with van der Waals surface area (Å²) >= 11 is 1.16. The van der Waals surface area contributed by atoms with Gasteiger partial charge < -0.3 is 15.1 Å². The SMILES string of the molecule is OB(O)O.[Li][C](=O)C(=O)OC. The first-order chi connectivity index (χ1) is 4.91. The third-order valence-electron chi connectivity index (χ3n) is 0.473. The van der Waals surface area contributed by atoms with E-state index in [2.05, 4.69) is 4.74 Å². The van der Waals surface area contributed by atoms with Gasteiger partial charge in [0.05, 0.1) is 0 Å². The van der Waals surface area contributed by atoms with Gasteiger partial charge in [0, 0.05) is 0 Å². The molecule has 11 heavy (non-hydrogen) atoms. The van der Waals surface area contributed by atoms with E-state index >= 15 is 0 Å². The van der Waals surface area contributed by atoms with Crippen LogP contribution in [0.5, 0.6) is 0 Å². The van der Waals surface area contributed by atoms with Crippen LogP contribution in [0.25, 0.3) is 0 Å². The molecule has 0 saturated carbocycles. The molecule has 0 atom stereocenters. The fourth-order valence-electron chi connectivity index (χ4n) is 0.144. The number of carbonyl (C=O) groups is 2. The molecular weight excluding hydrogens is 150 g/mol. The monoisotopic (exact) mass is 156 g/mol. The Morgan fingerprint density at radius 2 is 1.64 bits per heavy atom. The zero-order valence-electron chi connectivity index (χ0n) is 6.14. The molecule has 0 aromatic carbocycles. The van der Waals surface area contributed by atoms with Crippen LogP contribution in [0, 0.1) is 0 Å². The minimum atomic E-state index is -2.17. The van der Waals surface area contributed by atoms with Gasteiger partial charge >= 0.3 is 56.9 Å². The first-order valence-corrected chi connectivity index (χ1v) is 2.55. The average Bonchev–Trinajstić information content (AvgIpc) is 1.85. The molecule has 0 saturated heterocycles. The van der Waals surface area contributed by atoms with E-state index in [1.54, 1.807) is 0 Å². The molecule has 3 N–H and O–H groups in total. The van der Waals surface area contributed by atoms with Crippen molar-refractivity contribution in [1.29, 1.82) is 0 Å². The van der Waals surface area contributed by atoms with Gasteiger partial charge in [-0.2, -0.15) is 0 Å². The number of hydrogen-bond acceptors (Lipinski definition) is 6. The summed E-state index contributed by atoms with van der Waals surface area (Å²) in [6, 6.07) is 0. The molecule has 0 aromatic heterocycles. The fraction of sp³-hybridized carbons (Fsp3) is 0.333. The summed E-state index contributed by atoms with van der Waals surface area (Å²) in [6.07, 6.45) is 0. The van der Waals surface area contributed by atoms with Gasteiger partial charge in [0.15, 0.2) is 0 Å². The van der Waals surface area contributed by atoms with Crippen molar-refractivity contribution in [3.63, 3.8) is 0 Å². The zero-order chi connectivity index (χ0) is 9.44. The molecular formula is C3H6BLiO6. The van der Waals surface area contributed by atoms with Crippen LogP contribution < -0.4 is 0 Å². The molecule has 0 rings (SSSR count). The Hall–Kier alpha value is -0.318. The van der Waals surface area contributed by atoms with Crippen LogP contribution in [0.3, 0.4) is 0 Å². The number of methoxy groups -OCH3 is 1. The maximum atomic E-state index is 9.94. The molecule has 0 aliphatic heterocycles. The number of esters is 1. The van der Waals surface area contributed by atoms with E-state index in [1.807, 2.05) is 0 Å². The summed E-state index contributed by atoms with van der Waals surface area (Å²) in [6.45, 7) is 0. The molecule has 0 bridgehead atoms. The first kappa shape index (κ1) is 13.3. The van der Waals surface area contributed by atoms with Gasteiger partial charge in [-0.05, 0) is 0 Å². The van der Waals surface area contributed by atoms with Crippen molar-refractivity contribution in [3.05, 3.63) is 0 Å². The van der Waals surface area contributed by atoms with Gasteiger partial charge in [0.1, 0.15) is 0 Å². The number of hydrogen-bond donors (Lipinski definition) is 3. The second-order valence-corrected chi connectivity index (χ2v) is 1.39. The molecule has 58 valence electrons. The molecule has 0 aliphatic rings. The zero-order valence-corrected chi connectivity index (χ0v) is 6.14. The fourth-order valence-corrected chi connectivity index (χ4v) is 0.144. The van der Waals surface area contributed by atoms with Crippen molar-refractivity contribution in [2.75, 3.05) is 7.11 Å². The topological polar surface area (TPSA) is 104 Å². The van der Waals surface area contributed by atoms with Gasteiger partial charge in [-0.1, -0.05) is 0 Å². The van der Waals surface area contributed by atoms with E-state index < -0.39 is 17.7 Å². The summed E-state index contributed by atoms with van der Waals surface area (Å²) in [7, 11) is -0.996. The van der Waals surface area contributed by atoms with Gasteiger partial charge in [0.25, 0.3) is 0 Å². The molecule has 0 spiro atoms. The van der Waals surface area contributed by atoms with Gasteiger partial charge in [-0.15, -0.1) is 0 Å². The molecule has 0 aromatic rings. The number of rotatable bonds is 1. The van der Waals surface area contributed by atoms with Crippen molar-refractivity contribution in [1.82, 2.24) is 0 Å². The second-order valence-electron chi connectivity index (χ2n) is 1.39. The van der Waals surface area contributed by atoms with Crippen molar-refractivity contribution >= 4 is 35.5 Å². The summed E-state index contributed by atoms with van der Waals surface area (Å²) in [4.78, 5) is 19.8. The number of carbonyl (C=O) groups excluding carboxylic acids is 2. The quantitative estimate of drug-likeness (QED) is 0.210. The van der Waals surface area contributed by atoms with Crippen molar-refractivity contribution in [2.24, 2.45) is 0 Å². The third-order valence-corrected chi connectivity index (χ3v) is 0.473. The van der Waals surface area contributed by atoms with E-state index in [4.69, 9.17) is 15.1 Å². The molecule has 6 nitrogen and oxygen atoms in total. The summed E-state index contributed by atoms with van der Waals surface area (Å²) < 4.78 is 3.46. The Labute approximate surface area is 72.5 Å². The van der Waals surface area contributed by atoms with E-state index in [1.165, 1.54) is 7.11 Å². The van der Waals surface area contributed by atoms with Crippen LogP contribution in [0.2, 0.25) is 0 Å². The van der Waals surface area contributed by atoms with Crippen LogP contribution in [0.15, 0.2) is 0 Å². The predicted molar refractivity (Wildman–Crippen MR) is 35.2 cm³/mol. The first-order valence-electron chi connectivity index (χ1n) is 2.55. The van der Waals surface area contributed by atoms with E-state index in [-0.39, 0.29) is 0 Å². The Balaban J connectivity index is 0. The Bertz CT molecular complexity index is 133. The Morgan fingerprint density at radius 1 is 1.36 bits per heavy atom. The third kappa shape index (κ3) is 17.7. The normalized spacial score (nSPS) is 7.45. The molecule has 0 radical (unpaired) electrons. The van der Waals surface area contributed by atoms with Crippen LogP contribution in [0.1, 0.15) is 0 Å². The summed E-state index contributed by atoms with van der Waals surface area (Å²) in [5, 5.41) is 21.5. The van der Waals surface area contributed by atoms with Crippen LogP contribution in [0.4, 0.5) is 0 Å². The van der Waals surface area contributed by atoms with Gasteiger partial charge in [-0.25, -0.2) is 0 Å². The van der Waals surface area contributed by atoms with Crippen LogP contribution in [-0.2, 0) is 14.3 Å².